The van der Waals surface area contributed by atoms with Gasteiger partial charge in [0.15, 0.2) is 28.9 Å². The number of nitrogens with zero attached hydrogens (tertiary/aromatic N) is 5. The third-order valence-corrected chi connectivity index (χ3v) is 11.8. The monoisotopic (exact) mass is 749 g/mol. The van der Waals surface area contributed by atoms with E-state index in [1.54, 1.807) is 11.3 Å². The van der Waals surface area contributed by atoms with Crippen LogP contribution < -0.4 is 0 Å². The molecule has 12 aromatic rings. The minimum Gasteiger partial charge on any atom is -0.455 e. The first-order valence-corrected chi connectivity index (χ1v) is 19.5. The highest BCUT2D eigenvalue weighted by Gasteiger charge is 2.22. The second kappa shape index (κ2) is 12.5. The van der Waals surface area contributed by atoms with Crippen LogP contribution in [0.15, 0.2) is 173 Å². The highest BCUT2D eigenvalue weighted by molar-refractivity contribution is 7.26. The smallest absolute Gasteiger partial charge is 0.180 e. The number of benzene rings is 7. The topological polar surface area (TPSA) is 90.7 Å². The lowest BCUT2D eigenvalue weighted by atomic mass is 10.1. The van der Waals surface area contributed by atoms with Crippen LogP contribution in [0.3, 0.4) is 0 Å². The van der Waals surface area contributed by atoms with Crippen LogP contribution in [0.2, 0.25) is 0 Å². The summed E-state index contributed by atoms with van der Waals surface area (Å²) in [4.78, 5) is 25.5. The van der Waals surface area contributed by atoms with Crippen molar-refractivity contribution in [2.75, 3.05) is 0 Å². The number of hydrogen-bond acceptors (Lipinski definition) is 8. The average Bonchev–Trinajstić information content (AvgIpc) is 3.97. The molecule has 5 heterocycles. The Balaban J connectivity index is 1.04. The molecule has 0 saturated carbocycles. The molecule has 0 amide bonds. The number of hydrogen-bond donors (Lipinski definition) is 0. The van der Waals surface area contributed by atoms with Gasteiger partial charge >= 0.3 is 0 Å². The molecule has 0 aliphatic carbocycles. The Kier molecular flexibility index (Phi) is 6.96. The maximum Gasteiger partial charge on any atom is 0.180 e. The lowest BCUT2D eigenvalue weighted by molar-refractivity contribution is 0.667. The van der Waals surface area contributed by atoms with Gasteiger partial charge in [-0.2, -0.15) is 0 Å². The lowest BCUT2D eigenvalue weighted by Crippen LogP contribution is -2.00. The minimum atomic E-state index is 0.537. The molecule has 0 saturated heterocycles. The van der Waals surface area contributed by atoms with Crippen LogP contribution >= 0.6 is 11.3 Å². The fraction of sp³-hybridized carbons (Fsp3) is 0. The molecule has 0 atom stereocenters. The highest BCUT2D eigenvalue weighted by atomic mass is 32.1. The van der Waals surface area contributed by atoms with Crippen molar-refractivity contribution < 1.29 is 8.83 Å². The minimum absolute atomic E-state index is 0.537. The van der Waals surface area contributed by atoms with Crippen molar-refractivity contribution in [2.45, 2.75) is 0 Å². The molecule has 266 valence electrons. The van der Waals surface area contributed by atoms with E-state index in [9.17, 15) is 0 Å². The predicted octanol–water partition coefficient (Wildman–Crippen LogP) is 13.2. The molecular formula is C49H27N5O2S. The second-order valence-electron chi connectivity index (χ2n) is 14.0. The summed E-state index contributed by atoms with van der Waals surface area (Å²) < 4.78 is 15.5. The van der Waals surface area contributed by atoms with Crippen molar-refractivity contribution in [3.63, 3.8) is 0 Å². The maximum absolute atomic E-state index is 6.79. The molecule has 12 rings (SSSR count). The second-order valence-corrected chi connectivity index (χ2v) is 15.0. The number of para-hydroxylation sites is 2. The van der Waals surface area contributed by atoms with Crippen LogP contribution in [0.1, 0.15) is 0 Å². The normalized spacial score (nSPS) is 11.9. The van der Waals surface area contributed by atoms with Crippen molar-refractivity contribution in [1.82, 2.24) is 24.9 Å². The summed E-state index contributed by atoms with van der Waals surface area (Å²) in [5.74, 6) is 2.33. The van der Waals surface area contributed by atoms with Crippen LogP contribution in [-0.2, 0) is 0 Å². The van der Waals surface area contributed by atoms with E-state index in [-0.39, 0.29) is 0 Å². The first-order valence-electron chi connectivity index (χ1n) is 18.7. The number of rotatable bonds is 5. The van der Waals surface area contributed by atoms with Crippen molar-refractivity contribution in [3.05, 3.63) is 164 Å². The summed E-state index contributed by atoms with van der Waals surface area (Å²) >= 11 is 1.76. The molecule has 7 aromatic carbocycles. The zero-order valence-corrected chi connectivity index (χ0v) is 30.9. The van der Waals surface area contributed by atoms with Crippen molar-refractivity contribution in [3.8, 4) is 56.8 Å². The highest BCUT2D eigenvalue weighted by Crippen LogP contribution is 2.42. The quantitative estimate of drug-likeness (QED) is 0.173. The van der Waals surface area contributed by atoms with Gasteiger partial charge in [0.1, 0.15) is 28.0 Å². The van der Waals surface area contributed by atoms with Gasteiger partial charge in [0.2, 0.25) is 0 Å². The van der Waals surface area contributed by atoms with E-state index in [1.807, 2.05) is 103 Å². The van der Waals surface area contributed by atoms with Gasteiger partial charge in [0.05, 0.1) is 5.56 Å². The Labute approximate surface area is 328 Å². The SMILES string of the molecule is c1ccc(-c2nc(-c3cccc4c3oc3cc(-c5nc(-c6ccccc6)c6oc7ccccc7c6n5)ccc34)nc(-c3cccc4c3sc3ccccc34)n2)cc1. The van der Waals surface area contributed by atoms with E-state index in [0.717, 1.165) is 65.5 Å². The number of fused-ring (bicyclic) bond motifs is 9. The Morgan fingerprint density at radius 1 is 0.368 bits per heavy atom. The van der Waals surface area contributed by atoms with Gasteiger partial charge < -0.3 is 8.83 Å². The van der Waals surface area contributed by atoms with Crippen LogP contribution in [0, 0.1) is 0 Å². The molecule has 0 spiro atoms. The van der Waals surface area contributed by atoms with Crippen LogP contribution in [0.25, 0.3) is 121 Å². The summed E-state index contributed by atoms with van der Waals surface area (Å²) in [5.41, 5.74) is 8.80. The summed E-state index contributed by atoms with van der Waals surface area (Å²) in [5, 5.41) is 5.29. The predicted molar refractivity (Wildman–Crippen MR) is 230 cm³/mol. The van der Waals surface area contributed by atoms with Gasteiger partial charge in [-0.1, -0.05) is 121 Å². The summed E-state index contributed by atoms with van der Waals surface area (Å²) in [7, 11) is 0. The molecule has 57 heavy (non-hydrogen) atoms. The zero-order chi connectivity index (χ0) is 37.5. The zero-order valence-electron chi connectivity index (χ0n) is 30.0. The molecule has 8 heteroatoms. The van der Waals surface area contributed by atoms with Gasteiger partial charge in [0, 0.05) is 58.6 Å². The fourth-order valence-electron chi connectivity index (χ4n) is 7.88. The summed E-state index contributed by atoms with van der Waals surface area (Å²) in [6, 6.07) is 55.3. The fourth-order valence-corrected chi connectivity index (χ4v) is 9.09. The Morgan fingerprint density at radius 2 is 1.00 bits per heavy atom. The van der Waals surface area contributed by atoms with Gasteiger partial charge in [-0.15, -0.1) is 11.3 Å². The number of furan rings is 2. The average molecular weight is 750 g/mol. The van der Waals surface area contributed by atoms with Crippen LogP contribution in [-0.4, -0.2) is 24.9 Å². The first kappa shape index (κ1) is 31.8. The molecular weight excluding hydrogens is 723 g/mol. The molecule has 5 aromatic heterocycles. The molecule has 0 bridgehead atoms. The standard InChI is InChI=1S/C49H27N5O2S/c1-3-13-28(14-4-1)41-44-42(35-18-7-9-23-38(35)55-44)51-47(50-41)30-25-26-31-33-19-11-21-36(43(33)56-39(31)27-30)48-52-46(29-15-5-2-6-16-29)53-49(54-48)37-22-12-20-34-32-17-8-10-24-40(32)57-45(34)37/h1-27H. The van der Waals surface area contributed by atoms with Gasteiger partial charge in [-0.25, -0.2) is 24.9 Å². The first-order chi connectivity index (χ1) is 28.2. The molecule has 0 fully saturated rings. The molecule has 7 nitrogen and oxygen atoms in total. The van der Waals surface area contributed by atoms with E-state index in [2.05, 4.69) is 60.7 Å². The van der Waals surface area contributed by atoms with Crippen molar-refractivity contribution >= 4 is 75.5 Å². The molecule has 0 aliphatic heterocycles. The number of thiophene rings is 1. The van der Waals surface area contributed by atoms with E-state index < -0.39 is 0 Å². The van der Waals surface area contributed by atoms with E-state index in [1.165, 1.54) is 15.5 Å². The van der Waals surface area contributed by atoms with Crippen LogP contribution in [0.5, 0.6) is 0 Å². The summed E-state index contributed by atoms with van der Waals surface area (Å²) in [6.07, 6.45) is 0. The Hall–Kier alpha value is -7.55. The Morgan fingerprint density at radius 3 is 1.84 bits per heavy atom. The van der Waals surface area contributed by atoms with Crippen molar-refractivity contribution in [2.24, 2.45) is 0 Å². The van der Waals surface area contributed by atoms with E-state index >= 15 is 0 Å². The van der Waals surface area contributed by atoms with E-state index in [4.69, 9.17) is 33.8 Å². The third-order valence-electron chi connectivity index (χ3n) is 10.6. The molecule has 0 radical (unpaired) electrons. The summed E-state index contributed by atoms with van der Waals surface area (Å²) in [6.45, 7) is 0. The lowest BCUT2D eigenvalue weighted by Gasteiger charge is -2.09. The molecule has 0 N–H and O–H groups in total. The van der Waals surface area contributed by atoms with Crippen molar-refractivity contribution in [1.29, 1.82) is 0 Å². The third kappa shape index (κ3) is 5.08. The van der Waals surface area contributed by atoms with Gasteiger partial charge in [-0.3, -0.25) is 0 Å². The van der Waals surface area contributed by atoms with E-state index in [0.29, 0.717) is 40.0 Å². The maximum atomic E-state index is 6.79. The largest absolute Gasteiger partial charge is 0.455 e. The molecule has 0 unspecified atom stereocenters. The van der Waals surface area contributed by atoms with Crippen LogP contribution in [0.4, 0.5) is 0 Å². The van der Waals surface area contributed by atoms with Gasteiger partial charge in [0.25, 0.3) is 0 Å². The Bertz CT molecular complexity index is 3540. The molecule has 0 aliphatic rings. The van der Waals surface area contributed by atoms with Gasteiger partial charge in [-0.05, 0) is 42.5 Å². The number of aromatic nitrogens is 5.